The zero-order valence-electron chi connectivity index (χ0n) is 14.6. The fourth-order valence-corrected chi connectivity index (χ4v) is 2.10. The van der Waals surface area contributed by atoms with Gasteiger partial charge in [0.25, 0.3) is 11.6 Å². The molecular formula is C18H19N3O5. The molecule has 136 valence electrons. The third-order valence-corrected chi connectivity index (χ3v) is 3.48. The summed E-state index contributed by atoms with van der Waals surface area (Å²) in [4.78, 5) is 27.6. The molecule has 0 radical (unpaired) electrons. The minimum absolute atomic E-state index is 0.0497. The molecule has 1 N–H and O–H groups in total. The van der Waals surface area contributed by atoms with E-state index in [1.165, 1.54) is 25.5 Å². The second-order valence-electron chi connectivity index (χ2n) is 5.53. The number of ether oxygens (including phenoxy) is 1. The van der Waals surface area contributed by atoms with Crippen molar-refractivity contribution in [2.24, 2.45) is 5.16 Å². The molecule has 0 saturated carbocycles. The molecule has 1 amide bonds. The molecular weight excluding hydrogens is 338 g/mol. The summed E-state index contributed by atoms with van der Waals surface area (Å²) in [7, 11) is 1.52. The largest absolute Gasteiger partial charge is 0.495 e. The van der Waals surface area contributed by atoms with Crippen LogP contribution in [0, 0.1) is 17.0 Å². The fourth-order valence-electron chi connectivity index (χ4n) is 2.10. The van der Waals surface area contributed by atoms with Crippen molar-refractivity contribution in [2.45, 2.75) is 20.0 Å². The summed E-state index contributed by atoms with van der Waals surface area (Å²) in [6.45, 7) is 3.45. The van der Waals surface area contributed by atoms with Crippen molar-refractivity contribution in [1.82, 2.24) is 0 Å². The molecule has 0 aromatic heterocycles. The molecule has 1 unspecified atom stereocenters. The van der Waals surface area contributed by atoms with Crippen LogP contribution in [0.4, 0.5) is 11.4 Å². The second-order valence-corrected chi connectivity index (χ2v) is 5.53. The molecule has 0 heterocycles. The Hall–Kier alpha value is -3.42. The maximum absolute atomic E-state index is 12.2. The van der Waals surface area contributed by atoms with Gasteiger partial charge in [-0.05, 0) is 31.5 Å². The van der Waals surface area contributed by atoms with Crippen molar-refractivity contribution in [3.05, 3.63) is 63.7 Å². The lowest BCUT2D eigenvalue weighted by Gasteiger charge is -2.13. The molecule has 0 fully saturated rings. The Bertz CT molecular complexity index is 835. The number of nitrogens with zero attached hydrogens (tertiary/aromatic N) is 2. The quantitative estimate of drug-likeness (QED) is 0.465. The third kappa shape index (κ3) is 5.04. The van der Waals surface area contributed by atoms with Crippen molar-refractivity contribution in [1.29, 1.82) is 0 Å². The van der Waals surface area contributed by atoms with Crippen LogP contribution in [0.2, 0.25) is 0 Å². The van der Waals surface area contributed by atoms with E-state index in [2.05, 4.69) is 10.5 Å². The first kappa shape index (κ1) is 18.9. The highest BCUT2D eigenvalue weighted by atomic mass is 16.6. The van der Waals surface area contributed by atoms with Gasteiger partial charge in [0.15, 0.2) is 0 Å². The summed E-state index contributed by atoms with van der Waals surface area (Å²) in [5.41, 5.74) is 1.95. The van der Waals surface area contributed by atoms with Crippen LogP contribution in [0.1, 0.15) is 18.1 Å². The van der Waals surface area contributed by atoms with Gasteiger partial charge in [0.1, 0.15) is 5.75 Å². The Kier molecular flexibility index (Phi) is 6.26. The molecule has 2 rings (SSSR count). The van der Waals surface area contributed by atoms with Crippen LogP contribution in [-0.2, 0) is 9.63 Å². The highest BCUT2D eigenvalue weighted by Crippen LogP contribution is 2.25. The molecule has 8 heteroatoms. The van der Waals surface area contributed by atoms with Gasteiger partial charge >= 0.3 is 0 Å². The van der Waals surface area contributed by atoms with Crippen LogP contribution in [0.15, 0.2) is 47.6 Å². The zero-order valence-corrected chi connectivity index (χ0v) is 14.6. The third-order valence-electron chi connectivity index (χ3n) is 3.48. The molecule has 0 spiro atoms. The van der Waals surface area contributed by atoms with Crippen LogP contribution >= 0.6 is 0 Å². The molecule has 0 aliphatic heterocycles. The molecule has 0 aliphatic carbocycles. The summed E-state index contributed by atoms with van der Waals surface area (Å²) in [5, 5.41) is 17.2. The normalized spacial score (nSPS) is 11.8. The summed E-state index contributed by atoms with van der Waals surface area (Å²) >= 11 is 0. The highest BCUT2D eigenvalue weighted by Gasteiger charge is 2.16. The van der Waals surface area contributed by atoms with Crippen molar-refractivity contribution < 1.29 is 19.3 Å². The smallest absolute Gasteiger partial charge is 0.270 e. The van der Waals surface area contributed by atoms with Gasteiger partial charge in [-0.1, -0.05) is 23.4 Å². The molecule has 2 aromatic rings. The molecule has 0 saturated heterocycles. The van der Waals surface area contributed by atoms with E-state index in [1.54, 1.807) is 31.2 Å². The van der Waals surface area contributed by atoms with E-state index in [-0.39, 0.29) is 5.69 Å². The minimum atomic E-state index is -0.866. The molecule has 2 aromatic carbocycles. The molecule has 1 atom stereocenters. The number of methoxy groups -OCH3 is 1. The number of nitrogens with one attached hydrogen (secondary N) is 1. The van der Waals surface area contributed by atoms with Crippen LogP contribution in [0.5, 0.6) is 5.75 Å². The number of aryl methyl sites for hydroxylation is 1. The standard InChI is InChI=1S/C18H19N3O5/c1-12-7-8-17(25-3)16(9-12)20-18(22)13(2)26-19-11-14-5-4-6-15(10-14)21(23)24/h4-11,13H,1-3H3,(H,20,22). The molecule has 0 bridgehead atoms. The maximum Gasteiger partial charge on any atom is 0.270 e. The predicted molar refractivity (Wildman–Crippen MR) is 97.6 cm³/mol. The van der Waals surface area contributed by atoms with Crippen molar-refractivity contribution in [2.75, 3.05) is 12.4 Å². The lowest BCUT2D eigenvalue weighted by molar-refractivity contribution is -0.384. The van der Waals surface area contributed by atoms with E-state index in [9.17, 15) is 14.9 Å². The number of hydrogen-bond acceptors (Lipinski definition) is 6. The van der Waals surface area contributed by atoms with Gasteiger partial charge in [-0.25, -0.2) is 0 Å². The number of oxime groups is 1. The van der Waals surface area contributed by atoms with Crippen LogP contribution in [0.25, 0.3) is 0 Å². The van der Waals surface area contributed by atoms with Gasteiger partial charge < -0.3 is 14.9 Å². The first-order valence-electron chi connectivity index (χ1n) is 7.80. The predicted octanol–water partition coefficient (Wildman–Crippen LogP) is 3.29. The van der Waals surface area contributed by atoms with Crippen molar-refractivity contribution >= 4 is 23.5 Å². The topological polar surface area (TPSA) is 103 Å². The number of nitro benzene ring substituents is 1. The average molecular weight is 357 g/mol. The minimum Gasteiger partial charge on any atom is -0.495 e. The number of anilines is 1. The van der Waals surface area contributed by atoms with Gasteiger partial charge in [-0.2, -0.15) is 0 Å². The summed E-state index contributed by atoms with van der Waals surface area (Å²) < 4.78 is 5.21. The van der Waals surface area contributed by atoms with Gasteiger partial charge in [0.05, 0.1) is 23.9 Å². The Morgan fingerprint density at radius 2 is 2.08 bits per heavy atom. The number of amides is 1. The number of carbonyl (C=O) groups excluding carboxylic acids is 1. The summed E-state index contributed by atoms with van der Waals surface area (Å²) in [5.74, 6) is 0.140. The summed E-state index contributed by atoms with van der Waals surface area (Å²) in [6, 6.07) is 11.3. The number of carbonyl (C=O) groups is 1. The first-order valence-corrected chi connectivity index (χ1v) is 7.80. The van der Waals surface area contributed by atoms with E-state index in [1.807, 2.05) is 13.0 Å². The van der Waals surface area contributed by atoms with Gasteiger partial charge in [0, 0.05) is 17.7 Å². The van der Waals surface area contributed by atoms with Crippen LogP contribution < -0.4 is 10.1 Å². The van der Waals surface area contributed by atoms with Gasteiger partial charge in [-0.15, -0.1) is 0 Å². The Labute approximate surface area is 150 Å². The Morgan fingerprint density at radius 1 is 1.31 bits per heavy atom. The maximum atomic E-state index is 12.2. The number of nitro groups is 1. The highest BCUT2D eigenvalue weighted by molar-refractivity contribution is 5.95. The first-order chi connectivity index (χ1) is 12.4. The average Bonchev–Trinajstić information content (AvgIpc) is 2.62. The number of benzene rings is 2. The van der Waals surface area contributed by atoms with Crippen molar-refractivity contribution in [3.8, 4) is 5.75 Å². The van der Waals surface area contributed by atoms with E-state index in [0.717, 1.165) is 5.56 Å². The van der Waals surface area contributed by atoms with Crippen molar-refractivity contribution in [3.63, 3.8) is 0 Å². The number of hydrogen-bond donors (Lipinski definition) is 1. The molecule has 26 heavy (non-hydrogen) atoms. The Balaban J connectivity index is 1.98. The van der Waals surface area contributed by atoms with Gasteiger partial charge in [-0.3, -0.25) is 14.9 Å². The monoisotopic (exact) mass is 357 g/mol. The number of rotatable bonds is 7. The Morgan fingerprint density at radius 3 is 2.77 bits per heavy atom. The number of non-ortho nitro benzene ring substituents is 1. The van der Waals surface area contributed by atoms with E-state index in [0.29, 0.717) is 17.0 Å². The lowest BCUT2D eigenvalue weighted by atomic mass is 10.2. The SMILES string of the molecule is COc1ccc(C)cc1NC(=O)C(C)ON=Cc1cccc([N+](=O)[O-])c1. The second kappa shape index (κ2) is 8.61. The zero-order chi connectivity index (χ0) is 19.1. The van der Waals surface area contributed by atoms with E-state index < -0.39 is 16.9 Å². The molecule has 8 nitrogen and oxygen atoms in total. The molecule has 0 aliphatic rings. The van der Waals surface area contributed by atoms with Crippen LogP contribution in [0.3, 0.4) is 0 Å². The van der Waals surface area contributed by atoms with E-state index in [4.69, 9.17) is 9.57 Å². The lowest BCUT2D eigenvalue weighted by Crippen LogP contribution is -2.26. The fraction of sp³-hybridized carbons (Fsp3) is 0.222. The van der Waals surface area contributed by atoms with Crippen LogP contribution in [-0.4, -0.2) is 30.3 Å². The summed E-state index contributed by atoms with van der Waals surface area (Å²) in [6.07, 6.45) is 0.444. The van der Waals surface area contributed by atoms with Gasteiger partial charge in [0.2, 0.25) is 6.10 Å². The van der Waals surface area contributed by atoms with E-state index >= 15 is 0 Å².